The fraction of sp³-hybridized carbons (Fsp3) is 0.393. The number of carbonyl (C=O) groups is 1. The number of fused-ring (bicyclic) bond motifs is 4. The molecule has 0 aliphatic heterocycles. The highest BCUT2D eigenvalue weighted by Gasteiger charge is 2.18. The van der Waals surface area contributed by atoms with Crippen LogP contribution in [0, 0.1) is 12.8 Å². The van der Waals surface area contributed by atoms with E-state index in [-0.39, 0.29) is 25.2 Å². The van der Waals surface area contributed by atoms with Crippen LogP contribution in [0.25, 0.3) is 39.1 Å². The SMILES string of the molecule is Cc1nnc2c(NCCCCCC(=O)[C@@H](O)C(C)C)nc3cc(-c4nc5ccccc5n4C)ccc3n12.S. The highest BCUT2D eigenvalue weighted by molar-refractivity contribution is 7.59. The van der Waals surface area contributed by atoms with Crippen LogP contribution in [0.3, 0.4) is 0 Å². The smallest absolute Gasteiger partial charge is 0.204 e. The molecule has 10 heteroatoms. The van der Waals surface area contributed by atoms with Gasteiger partial charge in [-0.2, -0.15) is 13.5 Å². The van der Waals surface area contributed by atoms with Gasteiger partial charge in [-0.25, -0.2) is 9.97 Å². The lowest BCUT2D eigenvalue weighted by Gasteiger charge is -2.13. The summed E-state index contributed by atoms with van der Waals surface area (Å²) in [6.07, 6.45) is 2.07. The number of aliphatic hydroxyl groups excluding tert-OH is 1. The third kappa shape index (κ3) is 5.23. The van der Waals surface area contributed by atoms with Gasteiger partial charge in [-0.1, -0.05) is 32.4 Å². The first-order valence-corrected chi connectivity index (χ1v) is 12.9. The average Bonchev–Trinajstić information content (AvgIpc) is 3.45. The van der Waals surface area contributed by atoms with E-state index in [4.69, 9.17) is 9.97 Å². The van der Waals surface area contributed by atoms with E-state index in [1.807, 2.05) is 56.5 Å². The Morgan fingerprint density at radius 3 is 2.55 bits per heavy atom. The molecule has 2 N–H and O–H groups in total. The number of imidazole rings is 1. The molecule has 0 radical (unpaired) electrons. The summed E-state index contributed by atoms with van der Waals surface area (Å²) >= 11 is 0. The molecular weight excluding hydrogens is 498 g/mol. The molecule has 3 aromatic heterocycles. The lowest BCUT2D eigenvalue weighted by molar-refractivity contribution is -0.129. The number of Topliss-reactive ketones (excluding diaryl/α,β-unsaturated/α-hetero) is 1. The summed E-state index contributed by atoms with van der Waals surface area (Å²) in [7, 11) is 2.03. The molecule has 0 saturated carbocycles. The van der Waals surface area contributed by atoms with Crippen LogP contribution in [0.5, 0.6) is 0 Å². The van der Waals surface area contributed by atoms with Crippen molar-refractivity contribution in [1.82, 2.24) is 29.1 Å². The van der Waals surface area contributed by atoms with E-state index < -0.39 is 6.10 Å². The number of rotatable bonds is 10. The Bertz CT molecular complexity index is 1590. The summed E-state index contributed by atoms with van der Waals surface area (Å²) in [5.74, 6) is 2.25. The molecule has 0 aliphatic carbocycles. The van der Waals surface area contributed by atoms with Crippen molar-refractivity contribution in [2.75, 3.05) is 11.9 Å². The fourth-order valence-corrected chi connectivity index (χ4v) is 4.77. The van der Waals surface area contributed by atoms with Crippen molar-refractivity contribution in [1.29, 1.82) is 0 Å². The number of aliphatic hydroxyl groups is 1. The Kier molecular flexibility index (Phi) is 8.32. The van der Waals surface area contributed by atoms with E-state index in [1.54, 1.807) is 0 Å². The molecule has 0 fully saturated rings. The van der Waals surface area contributed by atoms with E-state index in [0.29, 0.717) is 24.4 Å². The summed E-state index contributed by atoms with van der Waals surface area (Å²) in [6.45, 7) is 6.35. The van der Waals surface area contributed by atoms with Crippen LogP contribution in [0.15, 0.2) is 42.5 Å². The molecule has 38 heavy (non-hydrogen) atoms. The molecule has 5 aromatic rings. The predicted octanol–water partition coefficient (Wildman–Crippen LogP) is 4.81. The molecular formula is C28H35N7O2S. The quantitative estimate of drug-likeness (QED) is 0.248. The van der Waals surface area contributed by atoms with Crippen LogP contribution < -0.4 is 5.32 Å². The first-order valence-electron chi connectivity index (χ1n) is 12.9. The first-order chi connectivity index (χ1) is 17.8. The van der Waals surface area contributed by atoms with Gasteiger partial charge in [-0.15, -0.1) is 10.2 Å². The van der Waals surface area contributed by atoms with Crippen molar-refractivity contribution in [3.05, 3.63) is 48.3 Å². The van der Waals surface area contributed by atoms with Crippen LogP contribution in [0.4, 0.5) is 5.82 Å². The fourth-order valence-electron chi connectivity index (χ4n) is 4.77. The molecule has 0 saturated heterocycles. The number of benzene rings is 2. The van der Waals surface area contributed by atoms with Gasteiger partial charge in [0.2, 0.25) is 5.65 Å². The van der Waals surface area contributed by atoms with E-state index >= 15 is 0 Å². The highest BCUT2D eigenvalue weighted by atomic mass is 32.1. The maximum absolute atomic E-state index is 12.0. The van der Waals surface area contributed by atoms with Gasteiger partial charge in [-0.05, 0) is 56.0 Å². The number of nitrogens with zero attached hydrogens (tertiary/aromatic N) is 6. The van der Waals surface area contributed by atoms with Crippen LogP contribution in [-0.4, -0.2) is 52.7 Å². The molecule has 0 spiro atoms. The lowest BCUT2D eigenvalue weighted by Crippen LogP contribution is -2.25. The molecule has 1 atom stereocenters. The number of unbranched alkanes of at least 4 members (excludes halogenated alkanes) is 2. The minimum atomic E-state index is -0.863. The van der Waals surface area contributed by atoms with Crippen LogP contribution in [0.1, 0.15) is 45.4 Å². The second-order valence-electron chi connectivity index (χ2n) is 9.95. The lowest BCUT2D eigenvalue weighted by atomic mass is 9.99. The van der Waals surface area contributed by atoms with Gasteiger partial charge in [0, 0.05) is 25.6 Å². The van der Waals surface area contributed by atoms with Gasteiger partial charge in [0.25, 0.3) is 0 Å². The van der Waals surface area contributed by atoms with Crippen molar-refractivity contribution in [2.45, 2.75) is 52.6 Å². The van der Waals surface area contributed by atoms with Gasteiger partial charge in [0.1, 0.15) is 17.8 Å². The van der Waals surface area contributed by atoms with Crippen molar-refractivity contribution >= 4 is 52.8 Å². The van der Waals surface area contributed by atoms with E-state index in [1.165, 1.54) is 0 Å². The summed E-state index contributed by atoms with van der Waals surface area (Å²) in [6, 6.07) is 14.3. The largest absolute Gasteiger partial charge is 0.385 e. The number of aromatic nitrogens is 6. The Balaban J connectivity index is 0.00000336. The number of carbonyl (C=O) groups excluding carboxylic acids is 1. The maximum atomic E-state index is 12.0. The Labute approximate surface area is 228 Å². The van der Waals surface area contributed by atoms with Crippen LogP contribution >= 0.6 is 13.5 Å². The topological polar surface area (TPSA) is 110 Å². The van der Waals surface area contributed by atoms with E-state index in [9.17, 15) is 9.90 Å². The minimum absolute atomic E-state index is 0. The van der Waals surface area contributed by atoms with Crippen molar-refractivity contribution in [3.8, 4) is 11.4 Å². The number of aryl methyl sites for hydroxylation is 2. The molecule has 0 aliphatic rings. The Morgan fingerprint density at radius 1 is 1.00 bits per heavy atom. The van der Waals surface area contributed by atoms with Crippen molar-refractivity contribution in [3.63, 3.8) is 0 Å². The monoisotopic (exact) mass is 533 g/mol. The Hall–Kier alpha value is -3.50. The molecule has 0 unspecified atom stereocenters. The number of hydrogen-bond acceptors (Lipinski definition) is 7. The van der Waals surface area contributed by atoms with Crippen LogP contribution in [0.2, 0.25) is 0 Å². The molecule has 200 valence electrons. The normalized spacial score (nSPS) is 12.4. The zero-order chi connectivity index (χ0) is 26.1. The number of hydrogen-bond donors (Lipinski definition) is 2. The second kappa shape index (κ2) is 11.5. The maximum Gasteiger partial charge on any atom is 0.204 e. The van der Waals surface area contributed by atoms with Gasteiger partial charge >= 0.3 is 0 Å². The Morgan fingerprint density at radius 2 is 1.79 bits per heavy atom. The zero-order valence-corrected chi connectivity index (χ0v) is 23.3. The third-order valence-corrected chi connectivity index (χ3v) is 6.88. The summed E-state index contributed by atoms with van der Waals surface area (Å²) in [5.41, 5.74) is 5.49. The number of ketones is 1. The summed E-state index contributed by atoms with van der Waals surface area (Å²) in [5, 5.41) is 22.0. The number of nitrogens with one attached hydrogen (secondary N) is 1. The van der Waals surface area contributed by atoms with Crippen molar-refractivity contribution < 1.29 is 9.90 Å². The number of para-hydroxylation sites is 2. The predicted molar refractivity (Wildman–Crippen MR) is 156 cm³/mol. The summed E-state index contributed by atoms with van der Waals surface area (Å²) < 4.78 is 4.12. The minimum Gasteiger partial charge on any atom is -0.385 e. The van der Waals surface area contributed by atoms with Gasteiger partial charge < -0.3 is 15.0 Å². The van der Waals surface area contributed by atoms with E-state index in [2.05, 4.69) is 38.3 Å². The third-order valence-electron chi connectivity index (χ3n) is 6.88. The molecule has 0 bridgehead atoms. The molecule has 0 amide bonds. The van der Waals surface area contributed by atoms with Gasteiger partial charge in [0.05, 0.1) is 22.1 Å². The highest BCUT2D eigenvalue weighted by Crippen LogP contribution is 2.28. The van der Waals surface area contributed by atoms with Crippen LogP contribution in [-0.2, 0) is 11.8 Å². The van der Waals surface area contributed by atoms with Gasteiger partial charge in [-0.3, -0.25) is 9.20 Å². The molecule has 5 rings (SSSR count). The summed E-state index contributed by atoms with van der Waals surface area (Å²) in [4.78, 5) is 21.8. The first kappa shape index (κ1) is 27.5. The average molecular weight is 534 g/mol. The van der Waals surface area contributed by atoms with Gasteiger partial charge in [0.15, 0.2) is 11.6 Å². The molecule has 9 nitrogen and oxygen atoms in total. The standard InChI is InChI=1S/C28H33N7O2.H2S/c1-17(2)25(37)24(36)12-6-5-9-15-29-26-28-33-32-18(3)35(28)23-14-13-19(16-21(23)30-26)27-31-20-10-7-8-11-22(20)34(27)4;/h7-8,10-11,13-14,16-17,25,37H,5-6,9,12,15H2,1-4H3,(H,29,30);1H2/t25-;/m0./s1. The number of anilines is 1. The van der Waals surface area contributed by atoms with E-state index in [0.717, 1.165) is 58.5 Å². The zero-order valence-electron chi connectivity index (χ0n) is 22.3. The molecule has 2 aromatic carbocycles. The van der Waals surface area contributed by atoms with Crippen molar-refractivity contribution in [2.24, 2.45) is 13.0 Å². The second-order valence-corrected chi connectivity index (χ2v) is 9.95. The molecule has 3 heterocycles.